The predicted octanol–water partition coefficient (Wildman–Crippen LogP) is 1.84. The summed E-state index contributed by atoms with van der Waals surface area (Å²) < 4.78 is 26.1. The van der Waals surface area contributed by atoms with Crippen molar-refractivity contribution in [3.8, 4) is 12.3 Å². The van der Waals surface area contributed by atoms with Crippen LogP contribution in [-0.4, -0.2) is 20.9 Å². The Kier molecular flexibility index (Phi) is 5.74. The van der Waals surface area contributed by atoms with Crippen molar-refractivity contribution in [3.63, 3.8) is 0 Å². The molecular formula is C18H18N2O3S. The van der Waals surface area contributed by atoms with Crippen LogP contribution in [0.5, 0.6) is 0 Å². The molecule has 0 fully saturated rings. The van der Waals surface area contributed by atoms with Crippen LogP contribution in [0.1, 0.15) is 21.5 Å². The van der Waals surface area contributed by atoms with E-state index < -0.39 is 10.0 Å². The van der Waals surface area contributed by atoms with E-state index in [-0.39, 0.29) is 17.3 Å². The number of rotatable bonds is 6. The summed E-state index contributed by atoms with van der Waals surface area (Å²) in [7, 11) is -3.65. The summed E-state index contributed by atoms with van der Waals surface area (Å²) in [6.07, 6.45) is 5.04. The molecule has 0 bridgehead atoms. The molecule has 0 saturated heterocycles. The molecule has 24 heavy (non-hydrogen) atoms. The van der Waals surface area contributed by atoms with E-state index >= 15 is 0 Å². The molecule has 0 radical (unpaired) electrons. The van der Waals surface area contributed by atoms with Gasteiger partial charge in [-0.2, -0.15) is 4.72 Å². The first-order valence-electron chi connectivity index (χ1n) is 7.30. The molecule has 1 amide bonds. The molecular weight excluding hydrogens is 324 g/mol. The fourth-order valence-electron chi connectivity index (χ4n) is 2.09. The van der Waals surface area contributed by atoms with Crippen molar-refractivity contribution >= 4 is 15.9 Å². The smallest absolute Gasteiger partial charge is 0.251 e. The van der Waals surface area contributed by atoms with E-state index in [1.54, 1.807) is 0 Å². The summed E-state index contributed by atoms with van der Waals surface area (Å²) in [5.74, 6) is 1.94. The average Bonchev–Trinajstić information content (AvgIpc) is 2.59. The molecule has 0 spiro atoms. The first kappa shape index (κ1) is 17.7. The third-order valence-electron chi connectivity index (χ3n) is 3.49. The maximum Gasteiger partial charge on any atom is 0.251 e. The molecule has 2 aromatic rings. The summed E-state index contributed by atoms with van der Waals surface area (Å²) in [6, 6.07) is 13.5. The van der Waals surface area contributed by atoms with Gasteiger partial charge in [0.15, 0.2) is 0 Å². The van der Waals surface area contributed by atoms with Crippen LogP contribution in [0.3, 0.4) is 0 Å². The van der Waals surface area contributed by atoms with Gasteiger partial charge in [-0.1, -0.05) is 30.2 Å². The Bertz CT molecular complexity index is 866. The highest BCUT2D eigenvalue weighted by Gasteiger charge is 2.14. The lowest BCUT2D eigenvalue weighted by Gasteiger charge is -2.09. The Morgan fingerprint density at radius 3 is 2.42 bits per heavy atom. The number of benzene rings is 2. The Morgan fingerprint density at radius 2 is 1.79 bits per heavy atom. The van der Waals surface area contributed by atoms with Gasteiger partial charge in [-0.15, -0.1) is 6.42 Å². The van der Waals surface area contributed by atoms with Gasteiger partial charge in [0.1, 0.15) is 0 Å². The summed E-state index contributed by atoms with van der Waals surface area (Å²) in [5.41, 5.74) is 2.52. The molecule has 2 N–H and O–H groups in total. The molecule has 0 saturated carbocycles. The zero-order valence-electron chi connectivity index (χ0n) is 13.2. The van der Waals surface area contributed by atoms with Crippen LogP contribution >= 0.6 is 0 Å². The third kappa shape index (κ3) is 4.44. The van der Waals surface area contributed by atoms with Gasteiger partial charge in [0.2, 0.25) is 10.0 Å². The van der Waals surface area contributed by atoms with Crippen molar-refractivity contribution in [2.45, 2.75) is 18.4 Å². The number of carbonyl (C=O) groups excluding carboxylic acids is 1. The molecule has 2 rings (SSSR count). The fraction of sp³-hybridized carbons (Fsp3) is 0.167. The Labute approximate surface area is 142 Å². The lowest BCUT2D eigenvalue weighted by molar-refractivity contribution is 0.0951. The lowest BCUT2D eigenvalue weighted by Crippen LogP contribution is -2.25. The van der Waals surface area contributed by atoms with Crippen molar-refractivity contribution in [1.82, 2.24) is 10.0 Å². The van der Waals surface area contributed by atoms with E-state index in [1.165, 1.54) is 24.3 Å². The van der Waals surface area contributed by atoms with Crippen LogP contribution in [-0.2, 0) is 16.6 Å². The Morgan fingerprint density at radius 1 is 1.12 bits per heavy atom. The number of terminal acetylenes is 1. The van der Waals surface area contributed by atoms with Crippen LogP contribution < -0.4 is 10.0 Å². The van der Waals surface area contributed by atoms with E-state index in [2.05, 4.69) is 16.0 Å². The number of carbonyl (C=O) groups is 1. The predicted molar refractivity (Wildman–Crippen MR) is 92.8 cm³/mol. The number of hydrogen-bond donors (Lipinski definition) is 2. The number of sulfonamides is 1. The second kappa shape index (κ2) is 7.77. The Balaban J connectivity index is 2.04. The summed E-state index contributed by atoms with van der Waals surface area (Å²) in [5, 5.41) is 2.82. The largest absolute Gasteiger partial charge is 0.348 e. The maximum absolute atomic E-state index is 12.2. The highest BCUT2D eigenvalue weighted by atomic mass is 32.2. The van der Waals surface area contributed by atoms with E-state index in [9.17, 15) is 13.2 Å². The van der Waals surface area contributed by atoms with Crippen LogP contribution in [0.15, 0.2) is 53.4 Å². The van der Waals surface area contributed by atoms with E-state index in [1.807, 2.05) is 31.2 Å². The van der Waals surface area contributed by atoms with Gasteiger partial charge in [-0.3, -0.25) is 4.79 Å². The molecule has 0 aliphatic rings. The second-order valence-corrected chi connectivity index (χ2v) is 6.93. The zero-order valence-corrected chi connectivity index (χ0v) is 14.1. The van der Waals surface area contributed by atoms with Gasteiger partial charge < -0.3 is 5.32 Å². The molecule has 0 atom stereocenters. The normalized spacial score (nSPS) is 10.8. The molecule has 0 heterocycles. The summed E-state index contributed by atoms with van der Waals surface area (Å²) in [4.78, 5) is 12.2. The van der Waals surface area contributed by atoms with Crippen LogP contribution in [0.25, 0.3) is 0 Å². The summed E-state index contributed by atoms with van der Waals surface area (Å²) in [6.45, 7) is 2.31. The van der Waals surface area contributed by atoms with Gasteiger partial charge in [0.05, 0.1) is 11.4 Å². The molecule has 0 aliphatic heterocycles. The van der Waals surface area contributed by atoms with Gasteiger partial charge in [-0.25, -0.2) is 8.42 Å². The minimum atomic E-state index is -3.65. The topological polar surface area (TPSA) is 75.3 Å². The molecule has 0 aliphatic carbocycles. The van der Waals surface area contributed by atoms with Crippen LogP contribution in [0.4, 0.5) is 0 Å². The number of amides is 1. The van der Waals surface area contributed by atoms with Gasteiger partial charge in [0, 0.05) is 12.1 Å². The highest BCUT2D eigenvalue weighted by molar-refractivity contribution is 7.89. The highest BCUT2D eigenvalue weighted by Crippen LogP contribution is 2.11. The number of aryl methyl sites for hydroxylation is 1. The van der Waals surface area contributed by atoms with Crippen molar-refractivity contribution in [2.24, 2.45) is 0 Å². The quantitative estimate of drug-likeness (QED) is 0.787. The standard InChI is InChI=1S/C18H18N2O3S/c1-3-12-20-24(22,23)17-10-8-15(9-11-17)18(21)19-13-16-7-5-4-6-14(16)2/h1,4-11,20H,12-13H2,2H3,(H,19,21). The minimum absolute atomic E-state index is 0.0632. The lowest BCUT2D eigenvalue weighted by atomic mass is 10.1. The molecule has 5 nitrogen and oxygen atoms in total. The van der Waals surface area contributed by atoms with Crippen LogP contribution in [0, 0.1) is 19.3 Å². The molecule has 124 valence electrons. The minimum Gasteiger partial charge on any atom is -0.348 e. The first-order valence-corrected chi connectivity index (χ1v) is 8.78. The first-order chi connectivity index (χ1) is 11.4. The van der Waals surface area contributed by atoms with E-state index in [4.69, 9.17) is 6.42 Å². The third-order valence-corrected chi connectivity index (χ3v) is 4.91. The number of nitrogens with one attached hydrogen (secondary N) is 2. The fourth-order valence-corrected chi connectivity index (χ4v) is 3.03. The van der Waals surface area contributed by atoms with E-state index in [0.29, 0.717) is 12.1 Å². The van der Waals surface area contributed by atoms with Crippen molar-refractivity contribution in [1.29, 1.82) is 0 Å². The zero-order chi connectivity index (χ0) is 17.6. The Hall–Kier alpha value is -2.62. The van der Waals surface area contributed by atoms with E-state index in [0.717, 1.165) is 11.1 Å². The molecule has 2 aromatic carbocycles. The van der Waals surface area contributed by atoms with Crippen LogP contribution in [0.2, 0.25) is 0 Å². The van der Waals surface area contributed by atoms with Gasteiger partial charge >= 0.3 is 0 Å². The number of hydrogen-bond acceptors (Lipinski definition) is 3. The van der Waals surface area contributed by atoms with Gasteiger partial charge in [-0.05, 0) is 42.3 Å². The average molecular weight is 342 g/mol. The summed E-state index contributed by atoms with van der Waals surface area (Å²) >= 11 is 0. The van der Waals surface area contributed by atoms with Crippen molar-refractivity contribution in [3.05, 3.63) is 65.2 Å². The van der Waals surface area contributed by atoms with Crippen molar-refractivity contribution < 1.29 is 13.2 Å². The van der Waals surface area contributed by atoms with Crippen molar-refractivity contribution in [2.75, 3.05) is 6.54 Å². The molecule has 0 unspecified atom stereocenters. The molecule has 6 heteroatoms. The van der Waals surface area contributed by atoms with Gasteiger partial charge in [0.25, 0.3) is 5.91 Å². The second-order valence-electron chi connectivity index (χ2n) is 5.16. The monoisotopic (exact) mass is 342 g/mol. The SMILES string of the molecule is C#CCNS(=O)(=O)c1ccc(C(=O)NCc2ccccc2C)cc1. The maximum atomic E-state index is 12.2. The molecule has 0 aromatic heterocycles.